The van der Waals surface area contributed by atoms with Crippen LogP contribution in [0.2, 0.25) is 0 Å². The highest BCUT2D eigenvalue weighted by Crippen LogP contribution is 2.53. The predicted octanol–water partition coefficient (Wildman–Crippen LogP) is 12.7. The number of aromatic nitrogens is 1. The Bertz CT molecular complexity index is 2630. The van der Waals surface area contributed by atoms with Crippen molar-refractivity contribution in [1.29, 1.82) is 0 Å². The molecule has 10 rings (SSSR count). The van der Waals surface area contributed by atoms with E-state index in [1.165, 1.54) is 77.3 Å². The third-order valence-corrected chi connectivity index (χ3v) is 9.89. The number of anilines is 3. The zero-order chi connectivity index (χ0) is 31.6. The Morgan fingerprint density at radius 3 is 1.67 bits per heavy atom. The minimum atomic E-state index is 1.14. The van der Waals surface area contributed by atoms with E-state index in [9.17, 15) is 0 Å². The van der Waals surface area contributed by atoms with Crippen LogP contribution in [0.3, 0.4) is 0 Å². The van der Waals surface area contributed by atoms with Crippen molar-refractivity contribution in [2.24, 2.45) is 0 Å². The van der Waals surface area contributed by atoms with Crippen molar-refractivity contribution in [3.63, 3.8) is 0 Å². The van der Waals surface area contributed by atoms with Gasteiger partial charge in [-0.25, -0.2) is 0 Å². The molecule has 48 heavy (non-hydrogen) atoms. The normalized spacial score (nSPS) is 12.1. The molecule has 224 valence electrons. The number of nitrogens with zero attached hydrogens (tertiary/aromatic N) is 2. The molecule has 0 saturated carbocycles. The Labute approximate surface area is 279 Å². The molecule has 0 bridgehead atoms. The smallest absolute Gasteiger partial charge is 0.0562 e. The average Bonchev–Trinajstić information content (AvgIpc) is 3.48. The van der Waals surface area contributed by atoms with Gasteiger partial charge in [0.1, 0.15) is 0 Å². The molecule has 8 aromatic carbocycles. The molecular weight excluding hydrogens is 581 g/mol. The van der Waals surface area contributed by atoms with Crippen LogP contribution in [0, 0.1) is 0 Å². The number of fused-ring (bicyclic) bond motifs is 5. The van der Waals surface area contributed by atoms with Gasteiger partial charge in [0.25, 0.3) is 0 Å². The Balaban J connectivity index is 1.28. The molecule has 0 aliphatic carbocycles. The third kappa shape index (κ3) is 4.06. The topological polar surface area (TPSA) is 8.17 Å². The highest BCUT2D eigenvalue weighted by molar-refractivity contribution is 6.19. The van der Waals surface area contributed by atoms with Gasteiger partial charge in [0, 0.05) is 33.1 Å². The van der Waals surface area contributed by atoms with Gasteiger partial charge in [-0.2, -0.15) is 0 Å². The summed E-state index contributed by atoms with van der Waals surface area (Å²) in [6.07, 6.45) is 0. The zero-order valence-electron chi connectivity index (χ0n) is 26.2. The lowest BCUT2D eigenvalue weighted by Gasteiger charge is -2.34. The molecule has 2 heterocycles. The summed E-state index contributed by atoms with van der Waals surface area (Å²) in [6.45, 7) is 0. The third-order valence-electron chi connectivity index (χ3n) is 9.89. The van der Waals surface area contributed by atoms with Crippen molar-refractivity contribution in [2.75, 3.05) is 4.90 Å². The minimum absolute atomic E-state index is 1.14. The van der Waals surface area contributed by atoms with E-state index in [0.29, 0.717) is 0 Å². The lowest BCUT2D eigenvalue weighted by Crippen LogP contribution is -2.15. The van der Waals surface area contributed by atoms with E-state index in [4.69, 9.17) is 0 Å². The molecule has 0 fully saturated rings. The highest BCUT2D eigenvalue weighted by atomic mass is 15.2. The van der Waals surface area contributed by atoms with Crippen LogP contribution in [0.25, 0.3) is 71.6 Å². The maximum atomic E-state index is 2.46. The summed E-state index contributed by atoms with van der Waals surface area (Å²) in [6, 6.07) is 66.3. The first-order valence-corrected chi connectivity index (χ1v) is 16.5. The SMILES string of the molecule is c1ccc(-c2ccc(N3c4cc5c(cc4-c4cccc6cccc3c46)c3cc(-c4ccccc4)ccc3n5-c3ccccc3)cc2)cc1. The van der Waals surface area contributed by atoms with Crippen LogP contribution in [0.5, 0.6) is 0 Å². The number of hydrogen-bond acceptors (Lipinski definition) is 1. The van der Waals surface area contributed by atoms with Crippen LogP contribution in [0.4, 0.5) is 17.1 Å². The maximum absolute atomic E-state index is 2.46. The first-order chi connectivity index (χ1) is 23.8. The standard InChI is InChI=1S/C46H30N2/c1-4-12-31(13-5-1)33-22-25-37(26-23-33)48-43-21-11-17-34-16-10-20-38(46(34)43)40-29-41-39-28-35(32-14-6-2-7-15-32)24-27-42(39)47(45(41)30-44(40)48)36-18-8-3-9-19-36/h1-30H. The maximum Gasteiger partial charge on any atom is 0.0562 e. The van der Waals surface area contributed by atoms with E-state index >= 15 is 0 Å². The van der Waals surface area contributed by atoms with Gasteiger partial charge in [0.15, 0.2) is 0 Å². The molecule has 2 nitrogen and oxygen atoms in total. The second-order valence-electron chi connectivity index (χ2n) is 12.6. The zero-order valence-corrected chi connectivity index (χ0v) is 26.2. The molecule has 1 aliphatic rings. The summed E-state index contributed by atoms with van der Waals surface area (Å²) in [7, 11) is 0. The summed E-state index contributed by atoms with van der Waals surface area (Å²) in [4.78, 5) is 2.46. The van der Waals surface area contributed by atoms with Gasteiger partial charge in [-0.05, 0) is 87.8 Å². The Hall–Kier alpha value is -6.38. The van der Waals surface area contributed by atoms with Crippen molar-refractivity contribution >= 4 is 49.6 Å². The molecule has 1 aliphatic heterocycles. The van der Waals surface area contributed by atoms with Gasteiger partial charge in [0.05, 0.1) is 22.4 Å². The number of para-hydroxylation sites is 1. The van der Waals surface area contributed by atoms with Crippen LogP contribution in [0.15, 0.2) is 182 Å². The summed E-state index contributed by atoms with van der Waals surface area (Å²) in [5.41, 5.74) is 14.5. The monoisotopic (exact) mass is 610 g/mol. The Morgan fingerprint density at radius 1 is 0.333 bits per heavy atom. The largest absolute Gasteiger partial charge is 0.309 e. The lowest BCUT2D eigenvalue weighted by molar-refractivity contribution is 1.18. The first kappa shape index (κ1) is 26.8. The number of hydrogen-bond donors (Lipinski definition) is 0. The molecule has 0 unspecified atom stereocenters. The van der Waals surface area contributed by atoms with Crippen LogP contribution in [-0.4, -0.2) is 4.57 Å². The molecule has 1 aromatic heterocycles. The van der Waals surface area contributed by atoms with E-state index in [1.54, 1.807) is 0 Å². The number of benzene rings is 8. The van der Waals surface area contributed by atoms with Crippen LogP contribution < -0.4 is 4.90 Å². The molecule has 0 radical (unpaired) electrons. The Morgan fingerprint density at radius 2 is 0.938 bits per heavy atom. The van der Waals surface area contributed by atoms with Gasteiger partial charge in [-0.3, -0.25) is 0 Å². The van der Waals surface area contributed by atoms with Crippen molar-refractivity contribution in [2.45, 2.75) is 0 Å². The summed E-state index contributed by atoms with van der Waals surface area (Å²) in [5.74, 6) is 0. The molecule has 0 atom stereocenters. The molecule has 9 aromatic rings. The number of rotatable bonds is 4. The predicted molar refractivity (Wildman–Crippen MR) is 203 cm³/mol. The summed E-state index contributed by atoms with van der Waals surface area (Å²) in [5, 5.41) is 5.04. The fourth-order valence-corrected chi connectivity index (χ4v) is 7.69. The molecular formula is C46H30N2. The van der Waals surface area contributed by atoms with Gasteiger partial charge >= 0.3 is 0 Å². The van der Waals surface area contributed by atoms with Crippen LogP contribution in [-0.2, 0) is 0 Å². The second-order valence-corrected chi connectivity index (χ2v) is 12.6. The van der Waals surface area contributed by atoms with Gasteiger partial charge in [0.2, 0.25) is 0 Å². The lowest BCUT2D eigenvalue weighted by atomic mass is 9.89. The molecule has 0 spiro atoms. The quantitative estimate of drug-likeness (QED) is 0.192. The fraction of sp³-hybridized carbons (Fsp3) is 0. The van der Waals surface area contributed by atoms with Crippen molar-refractivity contribution in [3.05, 3.63) is 182 Å². The summed E-state index contributed by atoms with van der Waals surface area (Å²) >= 11 is 0. The van der Waals surface area contributed by atoms with Crippen molar-refractivity contribution in [1.82, 2.24) is 4.57 Å². The summed E-state index contributed by atoms with van der Waals surface area (Å²) < 4.78 is 2.43. The minimum Gasteiger partial charge on any atom is -0.309 e. The average molecular weight is 611 g/mol. The molecule has 2 heteroatoms. The van der Waals surface area contributed by atoms with E-state index in [2.05, 4.69) is 191 Å². The Kier molecular flexibility index (Phi) is 5.91. The first-order valence-electron chi connectivity index (χ1n) is 16.5. The van der Waals surface area contributed by atoms with Crippen molar-refractivity contribution < 1.29 is 0 Å². The van der Waals surface area contributed by atoms with Crippen LogP contribution >= 0.6 is 0 Å². The van der Waals surface area contributed by atoms with Crippen molar-refractivity contribution in [3.8, 4) is 39.1 Å². The van der Waals surface area contributed by atoms with E-state index in [1.807, 2.05) is 0 Å². The molecule has 0 amide bonds. The van der Waals surface area contributed by atoms with E-state index in [0.717, 1.165) is 11.4 Å². The molecule has 0 saturated heterocycles. The van der Waals surface area contributed by atoms with Gasteiger partial charge < -0.3 is 9.47 Å². The van der Waals surface area contributed by atoms with Gasteiger partial charge in [-0.15, -0.1) is 0 Å². The van der Waals surface area contributed by atoms with E-state index < -0.39 is 0 Å². The second kappa shape index (κ2) is 10.6. The van der Waals surface area contributed by atoms with Crippen LogP contribution in [0.1, 0.15) is 0 Å². The fourth-order valence-electron chi connectivity index (χ4n) is 7.69. The van der Waals surface area contributed by atoms with Gasteiger partial charge in [-0.1, -0.05) is 127 Å². The van der Waals surface area contributed by atoms with E-state index in [-0.39, 0.29) is 0 Å². The highest BCUT2D eigenvalue weighted by Gasteiger charge is 2.28. The molecule has 0 N–H and O–H groups in total.